The summed E-state index contributed by atoms with van der Waals surface area (Å²) in [6.45, 7) is 0.605. The van der Waals surface area contributed by atoms with E-state index in [9.17, 15) is 9.18 Å². The molecule has 2 fully saturated rings. The fourth-order valence-electron chi connectivity index (χ4n) is 5.03. The lowest BCUT2D eigenvalue weighted by Crippen LogP contribution is -2.44. The zero-order chi connectivity index (χ0) is 25.2. The minimum Gasteiger partial charge on any atom is -0.493 e. The molecule has 2 heterocycles. The lowest BCUT2D eigenvalue weighted by molar-refractivity contribution is -0.125. The third-order valence-corrected chi connectivity index (χ3v) is 7.22. The molecular weight excluding hydrogens is 485 g/mol. The Hall–Kier alpha value is -3.17. The Kier molecular flexibility index (Phi) is 7.11. The Labute approximate surface area is 214 Å². The number of carbonyl (C=O) groups is 1. The molecule has 2 atom stereocenters. The highest BCUT2D eigenvalue weighted by atomic mass is 35.5. The van der Waals surface area contributed by atoms with Gasteiger partial charge in [0.05, 0.1) is 29.4 Å². The molecule has 0 unspecified atom stereocenters. The molecule has 0 radical (unpaired) electrons. The van der Waals surface area contributed by atoms with E-state index in [1.165, 1.54) is 25.2 Å². The van der Waals surface area contributed by atoms with Gasteiger partial charge in [-0.3, -0.25) is 9.69 Å². The van der Waals surface area contributed by atoms with Crippen LogP contribution < -0.4 is 20.1 Å². The second kappa shape index (κ2) is 10.4. The lowest BCUT2D eigenvalue weighted by Gasteiger charge is -2.20. The summed E-state index contributed by atoms with van der Waals surface area (Å²) in [4.78, 5) is 23.5. The van der Waals surface area contributed by atoms with Crippen molar-refractivity contribution < 1.29 is 18.7 Å². The average molecular weight is 514 g/mol. The van der Waals surface area contributed by atoms with E-state index >= 15 is 0 Å². The van der Waals surface area contributed by atoms with Crippen molar-refractivity contribution in [2.24, 2.45) is 0 Å². The second-order valence-corrected chi connectivity index (χ2v) is 9.80. The molecule has 1 aliphatic carbocycles. The maximum Gasteiger partial charge on any atom is 0.237 e. The van der Waals surface area contributed by atoms with E-state index in [4.69, 9.17) is 21.1 Å². The molecule has 1 saturated heterocycles. The predicted octanol–water partition coefficient (Wildman–Crippen LogP) is 4.68. The first-order chi connectivity index (χ1) is 17.4. The van der Waals surface area contributed by atoms with Gasteiger partial charge in [0.2, 0.25) is 5.91 Å². The number of carbonyl (C=O) groups excluding carboxylic acids is 1. The topological polar surface area (TPSA) is 88.6 Å². The van der Waals surface area contributed by atoms with Crippen LogP contribution in [0.4, 0.5) is 15.9 Å². The van der Waals surface area contributed by atoms with Crippen LogP contribution in [-0.4, -0.2) is 59.7 Å². The molecule has 3 aromatic rings. The van der Waals surface area contributed by atoms with Crippen LogP contribution in [0.3, 0.4) is 0 Å². The third kappa shape index (κ3) is 5.03. The van der Waals surface area contributed by atoms with E-state index in [1.54, 1.807) is 31.4 Å². The fourth-order valence-corrected chi connectivity index (χ4v) is 5.21. The number of nitrogens with one attached hydrogen (secondary N) is 2. The van der Waals surface area contributed by atoms with Gasteiger partial charge in [0.25, 0.3) is 0 Å². The molecule has 1 saturated carbocycles. The molecular formula is C26H29ClFN5O3. The number of ether oxygens (including phenoxy) is 2. The molecule has 2 N–H and O–H groups in total. The minimum atomic E-state index is -0.563. The largest absolute Gasteiger partial charge is 0.493 e. The SMILES string of the molecule is COc1cc2ncnc(Nc3cccc(Cl)c3F)c2cc1O[C@H]1C[C@@H](C(=O)NC2CCCC2)N(C)C1. The zero-order valence-corrected chi connectivity index (χ0v) is 21.0. The van der Waals surface area contributed by atoms with Crippen molar-refractivity contribution in [3.63, 3.8) is 0 Å². The van der Waals surface area contributed by atoms with Gasteiger partial charge in [-0.15, -0.1) is 0 Å². The highest BCUT2D eigenvalue weighted by molar-refractivity contribution is 6.31. The Morgan fingerprint density at radius 2 is 2.00 bits per heavy atom. The monoisotopic (exact) mass is 513 g/mol. The molecule has 5 rings (SSSR count). The fraction of sp³-hybridized carbons (Fsp3) is 0.423. The summed E-state index contributed by atoms with van der Waals surface area (Å²) in [7, 11) is 3.50. The molecule has 10 heteroatoms. The van der Waals surface area contributed by atoms with Crippen LogP contribution >= 0.6 is 11.6 Å². The first-order valence-corrected chi connectivity index (χ1v) is 12.5. The Bertz CT molecular complexity index is 1270. The van der Waals surface area contributed by atoms with Gasteiger partial charge < -0.3 is 20.1 Å². The Morgan fingerprint density at radius 3 is 2.78 bits per heavy atom. The predicted molar refractivity (Wildman–Crippen MR) is 137 cm³/mol. The van der Waals surface area contributed by atoms with E-state index in [0.717, 1.165) is 12.8 Å². The number of nitrogens with zero attached hydrogens (tertiary/aromatic N) is 3. The molecule has 190 valence electrons. The number of anilines is 2. The van der Waals surface area contributed by atoms with Gasteiger partial charge in [0.15, 0.2) is 17.3 Å². The molecule has 8 nitrogen and oxygen atoms in total. The van der Waals surface area contributed by atoms with Gasteiger partial charge in [-0.05, 0) is 38.1 Å². The molecule has 1 amide bonds. The summed E-state index contributed by atoms with van der Waals surface area (Å²) >= 11 is 5.93. The highest BCUT2D eigenvalue weighted by Gasteiger charge is 2.37. The van der Waals surface area contributed by atoms with E-state index in [2.05, 4.69) is 20.6 Å². The maximum atomic E-state index is 14.5. The quantitative estimate of drug-likeness (QED) is 0.474. The second-order valence-electron chi connectivity index (χ2n) is 9.39. The van der Waals surface area contributed by atoms with Gasteiger partial charge in [-0.2, -0.15) is 0 Å². The molecule has 0 bridgehead atoms. The van der Waals surface area contributed by atoms with Gasteiger partial charge in [0, 0.05) is 30.5 Å². The highest BCUT2D eigenvalue weighted by Crippen LogP contribution is 2.37. The van der Waals surface area contributed by atoms with Crippen molar-refractivity contribution in [2.45, 2.75) is 50.3 Å². The Morgan fingerprint density at radius 1 is 1.19 bits per heavy atom. The van der Waals surface area contributed by atoms with Crippen LogP contribution in [0, 0.1) is 5.82 Å². The molecule has 2 aliphatic rings. The summed E-state index contributed by atoms with van der Waals surface area (Å²) in [6.07, 6.45) is 6.20. The smallest absolute Gasteiger partial charge is 0.237 e. The Balaban J connectivity index is 1.37. The summed E-state index contributed by atoms with van der Waals surface area (Å²) in [5.74, 6) is 0.925. The van der Waals surface area contributed by atoms with E-state index in [-0.39, 0.29) is 34.8 Å². The van der Waals surface area contributed by atoms with Crippen LogP contribution in [0.1, 0.15) is 32.1 Å². The molecule has 1 aromatic heterocycles. The van der Waals surface area contributed by atoms with Crippen molar-refractivity contribution >= 4 is 39.9 Å². The van der Waals surface area contributed by atoms with Crippen LogP contribution in [0.2, 0.25) is 5.02 Å². The average Bonchev–Trinajstić information content (AvgIpc) is 3.51. The van der Waals surface area contributed by atoms with Gasteiger partial charge in [0.1, 0.15) is 18.2 Å². The lowest BCUT2D eigenvalue weighted by atomic mass is 10.1. The number of likely N-dealkylation sites (tertiary alicyclic amines) is 1. The maximum absolute atomic E-state index is 14.5. The van der Waals surface area contributed by atoms with Gasteiger partial charge in [-0.25, -0.2) is 14.4 Å². The molecule has 1 aliphatic heterocycles. The first-order valence-electron chi connectivity index (χ1n) is 12.1. The summed E-state index contributed by atoms with van der Waals surface area (Å²) < 4.78 is 26.4. The van der Waals surface area contributed by atoms with Crippen molar-refractivity contribution in [3.05, 3.63) is 47.5 Å². The van der Waals surface area contributed by atoms with Crippen molar-refractivity contribution in [1.29, 1.82) is 0 Å². The molecule has 0 spiro atoms. The van der Waals surface area contributed by atoms with Crippen molar-refractivity contribution in [1.82, 2.24) is 20.2 Å². The normalized spacial score (nSPS) is 20.6. The standard InChI is InChI=1S/C26H29ClFN5O3/c1-33-13-16(10-21(33)26(34)31-15-6-3-4-7-15)36-23-11-17-20(12-22(23)35-2)29-14-30-25(17)32-19-9-5-8-18(27)24(19)28/h5,8-9,11-12,14-16,21H,3-4,6-7,10,13H2,1-2H3,(H,31,34)(H,29,30,32)/t16-,21-/m0/s1. The summed E-state index contributed by atoms with van der Waals surface area (Å²) in [5.41, 5.74) is 0.811. The van der Waals surface area contributed by atoms with E-state index < -0.39 is 5.82 Å². The number of fused-ring (bicyclic) bond motifs is 1. The number of likely N-dealkylation sites (N-methyl/N-ethyl adjacent to an activating group) is 1. The van der Waals surface area contributed by atoms with Gasteiger partial charge in [-0.1, -0.05) is 30.5 Å². The van der Waals surface area contributed by atoms with Crippen molar-refractivity contribution in [2.75, 3.05) is 26.0 Å². The van der Waals surface area contributed by atoms with Gasteiger partial charge >= 0.3 is 0 Å². The number of amides is 1. The summed E-state index contributed by atoms with van der Waals surface area (Å²) in [6, 6.07) is 8.30. The number of aromatic nitrogens is 2. The van der Waals surface area contributed by atoms with Crippen LogP contribution in [0.15, 0.2) is 36.7 Å². The molecule has 2 aromatic carbocycles. The number of hydrogen-bond donors (Lipinski definition) is 2. The zero-order valence-electron chi connectivity index (χ0n) is 20.3. The number of rotatable bonds is 7. The third-order valence-electron chi connectivity index (χ3n) is 6.93. The van der Waals surface area contributed by atoms with Crippen LogP contribution in [-0.2, 0) is 4.79 Å². The van der Waals surface area contributed by atoms with E-state index in [1.807, 2.05) is 11.9 Å². The van der Waals surface area contributed by atoms with E-state index in [0.29, 0.717) is 41.2 Å². The number of benzene rings is 2. The van der Waals surface area contributed by atoms with Crippen LogP contribution in [0.5, 0.6) is 11.5 Å². The number of methoxy groups -OCH3 is 1. The number of hydrogen-bond acceptors (Lipinski definition) is 7. The molecule has 36 heavy (non-hydrogen) atoms. The summed E-state index contributed by atoms with van der Waals surface area (Å²) in [5, 5.41) is 6.85. The number of halogens is 2. The first kappa shape index (κ1) is 24.5. The minimum absolute atomic E-state index is 0.0147. The van der Waals surface area contributed by atoms with Crippen LogP contribution in [0.25, 0.3) is 10.9 Å². The van der Waals surface area contributed by atoms with Crippen molar-refractivity contribution in [3.8, 4) is 11.5 Å².